The topological polar surface area (TPSA) is 43.8 Å². The predicted molar refractivity (Wildman–Crippen MR) is 45.2 cm³/mol. The summed E-state index contributed by atoms with van der Waals surface area (Å²) < 4.78 is 2.01. The van der Waals surface area contributed by atoms with Gasteiger partial charge in [-0.05, 0) is 6.42 Å². The Morgan fingerprint density at radius 1 is 1.73 bits per heavy atom. The number of hydrogen-bond acceptors (Lipinski definition) is 2. The second-order valence-electron chi connectivity index (χ2n) is 2.83. The molecule has 0 aliphatic carbocycles. The molecule has 1 aromatic heterocycles. The third kappa shape index (κ3) is 2.05. The fourth-order valence-electron chi connectivity index (χ4n) is 0.972. The zero-order valence-corrected chi connectivity index (χ0v) is 7.12. The second kappa shape index (κ2) is 3.53. The number of imidazole rings is 1. The van der Waals surface area contributed by atoms with E-state index in [1.54, 1.807) is 6.20 Å². The van der Waals surface area contributed by atoms with Crippen molar-refractivity contribution >= 4 is 0 Å². The number of rotatable bonds is 3. The Kier molecular flexibility index (Phi) is 2.65. The maximum Gasteiger partial charge on any atom is 0.109 e. The predicted octanol–water partition coefficient (Wildman–Crippen LogP) is 0.700. The first-order valence-corrected chi connectivity index (χ1v) is 3.95. The van der Waals surface area contributed by atoms with Crippen molar-refractivity contribution in [3.63, 3.8) is 0 Å². The number of hydrogen-bond donors (Lipinski definition) is 1. The van der Waals surface area contributed by atoms with E-state index in [9.17, 15) is 0 Å². The van der Waals surface area contributed by atoms with Gasteiger partial charge in [0.1, 0.15) is 5.82 Å². The number of aromatic nitrogens is 2. The highest BCUT2D eigenvalue weighted by molar-refractivity contribution is 4.93. The van der Waals surface area contributed by atoms with Gasteiger partial charge in [0.05, 0.1) is 0 Å². The smallest absolute Gasteiger partial charge is 0.109 e. The number of aryl methyl sites for hydroxylation is 1. The molecule has 1 unspecified atom stereocenters. The van der Waals surface area contributed by atoms with Crippen molar-refractivity contribution in [1.29, 1.82) is 0 Å². The van der Waals surface area contributed by atoms with Gasteiger partial charge in [-0.1, -0.05) is 6.92 Å². The third-order valence-corrected chi connectivity index (χ3v) is 1.89. The van der Waals surface area contributed by atoms with E-state index in [4.69, 9.17) is 5.73 Å². The van der Waals surface area contributed by atoms with E-state index in [2.05, 4.69) is 11.9 Å². The van der Waals surface area contributed by atoms with Crippen LogP contribution >= 0.6 is 0 Å². The molecule has 1 heterocycles. The Labute approximate surface area is 67.2 Å². The van der Waals surface area contributed by atoms with Gasteiger partial charge in [-0.25, -0.2) is 4.98 Å². The van der Waals surface area contributed by atoms with Crippen LogP contribution in [0.25, 0.3) is 0 Å². The van der Waals surface area contributed by atoms with Crippen LogP contribution in [0.5, 0.6) is 0 Å². The molecule has 0 amide bonds. The van der Waals surface area contributed by atoms with Gasteiger partial charge < -0.3 is 10.3 Å². The number of nitrogens with two attached hydrogens (primary N) is 1. The monoisotopic (exact) mass is 153 g/mol. The van der Waals surface area contributed by atoms with Crippen LogP contribution in [0.3, 0.4) is 0 Å². The van der Waals surface area contributed by atoms with Gasteiger partial charge in [0.15, 0.2) is 0 Å². The summed E-state index contributed by atoms with van der Waals surface area (Å²) in [6.07, 6.45) is 5.63. The van der Waals surface area contributed by atoms with Gasteiger partial charge in [-0.15, -0.1) is 0 Å². The maximum atomic E-state index is 5.78. The summed E-state index contributed by atoms with van der Waals surface area (Å²) in [4.78, 5) is 4.19. The van der Waals surface area contributed by atoms with Crippen molar-refractivity contribution in [2.75, 3.05) is 0 Å². The molecule has 0 saturated heterocycles. The summed E-state index contributed by atoms with van der Waals surface area (Å²) in [5, 5.41) is 0. The average Bonchev–Trinajstić information content (AvgIpc) is 2.37. The van der Waals surface area contributed by atoms with Crippen LogP contribution in [0, 0.1) is 0 Å². The molecule has 0 spiro atoms. The minimum Gasteiger partial charge on any atom is -0.338 e. The highest BCUT2D eigenvalue weighted by Gasteiger charge is 2.04. The zero-order chi connectivity index (χ0) is 8.27. The maximum absolute atomic E-state index is 5.78. The lowest BCUT2D eigenvalue weighted by Crippen LogP contribution is -2.23. The summed E-state index contributed by atoms with van der Waals surface area (Å²) in [6.45, 7) is 2.09. The van der Waals surface area contributed by atoms with Gasteiger partial charge in [0.2, 0.25) is 0 Å². The molecule has 11 heavy (non-hydrogen) atoms. The molecule has 0 fully saturated rings. The van der Waals surface area contributed by atoms with Crippen LogP contribution in [0.4, 0.5) is 0 Å². The average molecular weight is 153 g/mol. The van der Waals surface area contributed by atoms with Crippen molar-refractivity contribution in [2.24, 2.45) is 12.8 Å². The molecule has 62 valence electrons. The van der Waals surface area contributed by atoms with Gasteiger partial charge >= 0.3 is 0 Å². The van der Waals surface area contributed by atoms with Gasteiger partial charge in [0, 0.05) is 31.9 Å². The highest BCUT2D eigenvalue weighted by atomic mass is 15.0. The summed E-state index contributed by atoms with van der Waals surface area (Å²) in [5.41, 5.74) is 5.78. The Hall–Kier alpha value is -0.830. The van der Waals surface area contributed by atoms with E-state index in [0.717, 1.165) is 18.7 Å². The van der Waals surface area contributed by atoms with Crippen molar-refractivity contribution < 1.29 is 0 Å². The Morgan fingerprint density at radius 2 is 2.45 bits per heavy atom. The fourth-order valence-corrected chi connectivity index (χ4v) is 0.972. The zero-order valence-electron chi connectivity index (χ0n) is 7.12. The molecule has 0 aliphatic rings. The summed E-state index contributed by atoms with van der Waals surface area (Å²) in [5.74, 6) is 1.07. The third-order valence-electron chi connectivity index (χ3n) is 1.89. The Morgan fingerprint density at radius 3 is 2.91 bits per heavy atom. The van der Waals surface area contributed by atoms with E-state index >= 15 is 0 Å². The molecule has 1 atom stereocenters. The van der Waals surface area contributed by atoms with E-state index in [1.807, 2.05) is 17.8 Å². The Bertz CT molecular complexity index is 217. The summed E-state index contributed by atoms with van der Waals surface area (Å²) in [6, 6.07) is 0.246. The van der Waals surface area contributed by atoms with Crippen LogP contribution in [0.15, 0.2) is 12.4 Å². The molecule has 3 heteroatoms. The molecular formula is C8H15N3. The van der Waals surface area contributed by atoms with Crippen LogP contribution in [-0.4, -0.2) is 15.6 Å². The van der Waals surface area contributed by atoms with Crippen molar-refractivity contribution in [3.8, 4) is 0 Å². The molecule has 0 radical (unpaired) electrons. The largest absolute Gasteiger partial charge is 0.338 e. The molecule has 0 aromatic carbocycles. The lowest BCUT2D eigenvalue weighted by molar-refractivity contribution is 0.608. The molecule has 3 nitrogen and oxygen atoms in total. The van der Waals surface area contributed by atoms with E-state index in [-0.39, 0.29) is 6.04 Å². The van der Waals surface area contributed by atoms with Crippen molar-refractivity contribution in [2.45, 2.75) is 25.8 Å². The van der Waals surface area contributed by atoms with Gasteiger partial charge in [-0.2, -0.15) is 0 Å². The molecular weight excluding hydrogens is 138 g/mol. The standard InChI is InChI=1S/C8H15N3/c1-3-7(9)6-8-10-4-5-11(8)2/h4-5,7H,3,6,9H2,1-2H3. The van der Waals surface area contributed by atoms with Gasteiger partial charge in [0.25, 0.3) is 0 Å². The SMILES string of the molecule is CCC(N)Cc1nccn1C. The molecule has 0 aliphatic heterocycles. The first kappa shape index (κ1) is 8.27. The van der Waals surface area contributed by atoms with Crippen LogP contribution < -0.4 is 5.73 Å². The molecule has 0 saturated carbocycles. The quantitative estimate of drug-likeness (QED) is 0.694. The summed E-state index contributed by atoms with van der Waals surface area (Å²) >= 11 is 0. The van der Waals surface area contributed by atoms with Crippen molar-refractivity contribution in [3.05, 3.63) is 18.2 Å². The first-order valence-electron chi connectivity index (χ1n) is 3.95. The van der Waals surface area contributed by atoms with E-state index < -0.39 is 0 Å². The van der Waals surface area contributed by atoms with E-state index in [1.165, 1.54) is 0 Å². The fraction of sp³-hybridized carbons (Fsp3) is 0.625. The molecule has 1 rings (SSSR count). The Balaban J connectivity index is 2.56. The minimum atomic E-state index is 0.246. The first-order chi connectivity index (χ1) is 5.24. The molecule has 1 aromatic rings. The van der Waals surface area contributed by atoms with E-state index in [0.29, 0.717) is 0 Å². The lowest BCUT2D eigenvalue weighted by atomic mass is 10.1. The molecule has 0 bridgehead atoms. The number of nitrogens with zero attached hydrogens (tertiary/aromatic N) is 2. The normalized spacial score (nSPS) is 13.4. The van der Waals surface area contributed by atoms with Crippen LogP contribution in [0.1, 0.15) is 19.2 Å². The van der Waals surface area contributed by atoms with Gasteiger partial charge in [-0.3, -0.25) is 0 Å². The van der Waals surface area contributed by atoms with Crippen LogP contribution in [-0.2, 0) is 13.5 Å². The summed E-state index contributed by atoms with van der Waals surface area (Å²) in [7, 11) is 1.99. The van der Waals surface area contributed by atoms with Crippen LogP contribution in [0.2, 0.25) is 0 Å². The second-order valence-corrected chi connectivity index (χ2v) is 2.83. The molecule has 2 N–H and O–H groups in total. The lowest BCUT2D eigenvalue weighted by Gasteiger charge is -2.07. The van der Waals surface area contributed by atoms with Crippen molar-refractivity contribution in [1.82, 2.24) is 9.55 Å². The minimum absolute atomic E-state index is 0.246. The highest BCUT2D eigenvalue weighted by Crippen LogP contribution is 1.99.